The van der Waals surface area contributed by atoms with Gasteiger partial charge in [-0.05, 0) is 49.3 Å². The van der Waals surface area contributed by atoms with Crippen LogP contribution in [-0.4, -0.2) is 23.5 Å². The molecule has 136 valence electrons. The van der Waals surface area contributed by atoms with E-state index < -0.39 is 36.1 Å². The standard InChI is InChI=1S/C15H14BrF7O/c16-10-3-1-8(2-4-10)9-5-11(17)13(12(18)6-9)24-7-14(19,20)15(21,22)23/h5-6,8,10H,1-4,7H2. The summed E-state index contributed by atoms with van der Waals surface area (Å²) in [6, 6.07) is 1.87. The molecule has 1 aliphatic rings. The Morgan fingerprint density at radius 2 is 1.46 bits per heavy atom. The van der Waals surface area contributed by atoms with E-state index in [4.69, 9.17) is 0 Å². The van der Waals surface area contributed by atoms with Crippen LogP contribution in [-0.2, 0) is 0 Å². The number of benzene rings is 1. The minimum atomic E-state index is -5.85. The molecule has 0 aromatic heterocycles. The molecule has 1 aliphatic carbocycles. The van der Waals surface area contributed by atoms with Gasteiger partial charge in [0.05, 0.1) is 0 Å². The maximum atomic E-state index is 13.9. The maximum Gasteiger partial charge on any atom is 0.456 e. The summed E-state index contributed by atoms with van der Waals surface area (Å²) in [7, 11) is 0. The van der Waals surface area contributed by atoms with Crippen LogP contribution in [0.25, 0.3) is 0 Å². The Labute approximate surface area is 142 Å². The third-order valence-electron chi connectivity index (χ3n) is 3.96. The van der Waals surface area contributed by atoms with Crippen LogP contribution in [0.1, 0.15) is 37.2 Å². The highest BCUT2D eigenvalue weighted by Gasteiger charge is 2.58. The molecule has 1 aromatic carbocycles. The summed E-state index contributed by atoms with van der Waals surface area (Å²) in [5.74, 6) is -9.09. The molecular weight excluding hydrogens is 409 g/mol. The van der Waals surface area contributed by atoms with Crippen LogP contribution in [0.5, 0.6) is 5.75 Å². The molecular formula is C15H14BrF7O. The first-order chi connectivity index (χ1) is 11.0. The number of rotatable bonds is 4. The number of hydrogen-bond donors (Lipinski definition) is 0. The van der Waals surface area contributed by atoms with E-state index in [2.05, 4.69) is 20.7 Å². The lowest BCUT2D eigenvalue weighted by Crippen LogP contribution is -2.42. The second kappa shape index (κ2) is 7.09. The van der Waals surface area contributed by atoms with E-state index in [0.717, 1.165) is 25.0 Å². The molecule has 0 unspecified atom stereocenters. The minimum absolute atomic E-state index is 0.0894. The van der Waals surface area contributed by atoms with Crippen LogP contribution in [0.15, 0.2) is 12.1 Å². The van der Waals surface area contributed by atoms with Crippen molar-refractivity contribution >= 4 is 15.9 Å². The summed E-state index contributed by atoms with van der Waals surface area (Å²) in [6.45, 7) is -2.18. The molecule has 24 heavy (non-hydrogen) atoms. The fraction of sp³-hybridized carbons (Fsp3) is 0.600. The molecule has 0 amide bonds. The van der Waals surface area contributed by atoms with Crippen molar-refractivity contribution in [3.8, 4) is 5.75 Å². The van der Waals surface area contributed by atoms with Crippen molar-refractivity contribution in [2.24, 2.45) is 0 Å². The monoisotopic (exact) mass is 422 g/mol. The lowest BCUT2D eigenvalue weighted by Gasteiger charge is -2.26. The molecule has 0 aliphatic heterocycles. The summed E-state index contributed by atoms with van der Waals surface area (Å²) in [5, 5.41) is 0. The minimum Gasteiger partial charge on any atom is -0.481 e. The number of alkyl halides is 6. The molecule has 0 atom stereocenters. The number of hydrogen-bond acceptors (Lipinski definition) is 1. The SMILES string of the molecule is Fc1cc(C2CCC(Br)CC2)cc(F)c1OCC(F)(F)C(F)(F)F. The Balaban J connectivity index is 2.13. The zero-order valence-electron chi connectivity index (χ0n) is 12.3. The summed E-state index contributed by atoms with van der Waals surface area (Å²) in [5.41, 5.74) is 0.347. The van der Waals surface area contributed by atoms with Gasteiger partial charge in [-0.1, -0.05) is 15.9 Å². The van der Waals surface area contributed by atoms with Gasteiger partial charge in [-0.2, -0.15) is 22.0 Å². The van der Waals surface area contributed by atoms with Crippen LogP contribution in [0.4, 0.5) is 30.7 Å². The normalized spacial score (nSPS) is 22.5. The molecule has 0 heterocycles. The number of halogens is 8. The molecule has 0 radical (unpaired) electrons. The molecule has 1 fully saturated rings. The molecule has 0 bridgehead atoms. The van der Waals surface area contributed by atoms with Gasteiger partial charge in [0, 0.05) is 4.83 Å². The van der Waals surface area contributed by atoms with E-state index in [9.17, 15) is 30.7 Å². The molecule has 1 saturated carbocycles. The van der Waals surface area contributed by atoms with Crippen molar-refractivity contribution in [2.75, 3.05) is 6.61 Å². The van der Waals surface area contributed by atoms with Gasteiger partial charge in [-0.25, -0.2) is 8.78 Å². The average molecular weight is 423 g/mol. The molecule has 1 aromatic rings. The largest absolute Gasteiger partial charge is 0.481 e. The summed E-state index contributed by atoms with van der Waals surface area (Å²) < 4.78 is 93.7. The summed E-state index contributed by atoms with van der Waals surface area (Å²) in [6.07, 6.45) is -2.82. The molecule has 9 heteroatoms. The topological polar surface area (TPSA) is 9.23 Å². The fourth-order valence-electron chi connectivity index (χ4n) is 2.58. The molecule has 0 spiro atoms. The van der Waals surface area contributed by atoms with E-state index in [1.165, 1.54) is 0 Å². The highest BCUT2D eigenvalue weighted by atomic mass is 79.9. The van der Waals surface area contributed by atoms with Crippen molar-refractivity contribution in [1.29, 1.82) is 0 Å². The van der Waals surface area contributed by atoms with Crippen LogP contribution < -0.4 is 4.74 Å². The summed E-state index contributed by atoms with van der Waals surface area (Å²) >= 11 is 3.45. The quantitative estimate of drug-likeness (QED) is 0.429. The van der Waals surface area contributed by atoms with Gasteiger partial charge in [0.2, 0.25) is 0 Å². The van der Waals surface area contributed by atoms with Crippen LogP contribution >= 0.6 is 15.9 Å². The highest BCUT2D eigenvalue weighted by molar-refractivity contribution is 9.09. The van der Waals surface area contributed by atoms with E-state index in [0.29, 0.717) is 23.2 Å². The highest BCUT2D eigenvalue weighted by Crippen LogP contribution is 2.39. The van der Waals surface area contributed by atoms with Crippen molar-refractivity contribution in [1.82, 2.24) is 0 Å². The van der Waals surface area contributed by atoms with Gasteiger partial charge < -0.3 is 4.74 Å². The van der Waals surface area contributed by atoms with Gasteiger partial charge in [-0.3, -0.25) is 0 Å². The van der Waals surface area contributed by atoms with Gasteiger partial charge in [0.15, 0.2) is 24.0 Å². The Hall–Kier alpha value is -0.990. The lowest BCUT2D eigenvalue weighted by atomic mass is 9.84. The Morgan fingerprint density at radius 1 is 0.958 bits per heavy atom. The van der Waals surface area contributed by atoms with Gasteiger partial charge in [-0.15, -0.1) is 0 Å². The Kier molecular flexibility index (Phi) is 5.71. The van der Waals surface area contributed by atoms with E-state index in [-0.39, 0.29) is 5.92 Å². The zero-order chi connectivity index (χ0) is 18.1. The van der Waals surface area contributed by atoms with Crippen molar-refractivity contribution in [3.05, 3.63) is 29.3 Å². The summed E-state index contributed by atoms with van der Waals surface area (Å²) in [4.78, 5) is 0.343. The smallest absolute Gasteiger partial charge is 0.456 e. The van der Waals surface area contributed by atoms with Gasteiger partial charge >= 0.3 is 12.1 Å². The predicted octanol–water partition coefficient (Wildman–Crippen LogP) is 5.96. The van der Waals surface area contributed by atoms with E-state index >= 15 is 0 Å². The second-order valence-corrected chi connectivity index (χ2v) is 7.05. The lowest BCUT2D eigenvalue weighted by molar-refractivity contribution is -0.290. The molecule has 0 N–H and O–H groups in total. The molecule has 2 rings (SSSR count). The van der Waals surface area contributed by atoms with Crippen molar-refractivity contribution in [2.45, 2.75) is 48.5 Å². The zero-order valence-corrected chi connectivity index (χ0v) is 13.9. The number of ether oxygens (including phenoxy) is 1. The third kappa shape index (κ3) is 4.34. The average Bonchev–Trinajstić information content (AvgIpc) is 2.45. The third-order valence-corrected chi connectivity index (χ3v) is 4.88. The maximum absolute atomic E-state index is 13.9. The van der Waals surface area contributed by atoms with Crippen molar-refractivity contribution in [3.63, 3.8) is 0 Å². The fourth-order valence-corrected chi connectivity index (χ4v) is 3.11. The Bertz CT molecular complexity index is 557. The Morgan fingerprint density at radius 3 is 1.92 bits per heavy atom. The first-order valence-electron chi connectivity index (χ1n) is 7.21. The van der Waals surface area contributed by atoms with Gasteiger partial charge in [0.25, 0.3) is 0 Å². The molecule has 1 nitrogen and oxygen atoms in total. The predicted molar refractivity (Wildman–Crippen MR) is 76.8 cm³/mol. The van der Waals surface area contributed by atoms with Crippen LogP contribution in [0.3, 0.4) is 0 Å². The van der Waals surface area contributed by atoms with E-state index in [1.54, 1.807) is 0 Å². The van der Waals surface area contributed by atoms with Crippen LogP contribution in [0.2, 0.25) is 0 Å². The first-order valence-corrected chi connectivity index (χ1v) is 8.13. The van der Waals surface area contributed by atoms with Crippen LogP contribution in [0, 0.1) is 11.6 Å². The van der Waals surface area contributed by atoms with Crippen molar-refractivity contribution < 1.29 is 35.5 Å². The second-order valence-electron chi connectivity index (χ2n) is 5.75. The molecule has 0 saturated heterocycles. The van der Waals surface area contributed by atoms with E-state index in [1.807, 2.05) is 0 Å². The van der Waals surface area contributed by atoms with Gasteiger partial charge in [0.1, 0.15) is 0 Å². The first kappa shape index (κ1) is 19.3.